The van der Waals surface area contributed by atoms with E-state index < -0.39 is 0 Å². The molecule has 0 bridgehead atoms. The van der Waals surface area contributed by atoms with Crippen molar-refractivity contribution in [2.24, 2.45) is 0 Å². The summed E-state index contributed by atoms with van der Waals surface area (Å²) < 4.78 is 22.5. The van der Waals surface area contributed by atoms with Crippen molar-refractivity contribution < 1.29 is 18.9 Å². The van der Waals surface area contributed by atoms with E-state index in [0.29, 0.717) is 19.8 Å². The fourth-order valence-electron chi connectivity index (χ4n) is 3.48. The van der Waals surface area contributed by atoms with Crippen LogP contribution in [0.3, 0.4) is 0 Å². The Morgan fingerprint density at radius 3 is 1.76 bits per heavy atom. The molecule has 4 aromatic rings. The molecule has 0 unspecified atom stereocenters. The van der Waals surface area contributed by atoms with Crippen molar-refractivity contribution in [1.29, 1.82) is 0 Å². The molecule has 0 spiro atoms. The molecule has 0 aliphatic carbocycles. The van der Waals surface area contributed by atoms with Gasteiger partial charge in [-0.1, -0.05) is 42.5 Å². The van der Waals surface area contributed by atoms with Gasteiger partial charge in [0.15, 0.2) is 0 Å². The summed E-state index contributed by atoms with van der Waals surface area (Å²) >= 11 is 0. The van der Waals surface area contributed by atoms with Gasteiger partial charge in [0.1, 0.15) is 36.2 Å². The maximum Gasteiger partial charge on any atom is 0.124 e. The number of anilines is 1. The first kappa shape index (κ1) is 23.1. The van der Waals surface area contributed by atoms with Gasteiger partial charge in [-0.05, 0) is 65.7 Å². The van der Waals surface area contributed by atoms with Crippen LogP contribution in [-0.2, 0) is 19.8 Å². The standard InChI is InChI=1S/C29H29NO4/c1-31-28-16-17-29(32-2)24(18-28)19-30-25-10-8-23(9-11-25)21-34-27-14-12-26(13-15-27)33-20-22-6-4-3-5-7-22/h3-18,30H,19-21H2,1-2H3. The monoisotopic (exact) mass is 455 g/mol. The highest BCUT2D eigenvalue weighted by Crippen LogP contribution is 2.25. The first-order chi connectivity index (χ1) is 16.7. The number of hydrogen-bond acceptors (Lipinski definition) is 5. The molecule has 0 radical (unpaired) electrons. The molecule has 0 atom stereocenters. The SMILES string of the molecule is COc1ccc(OC)c(CNc2ccc(COc3ccc(OCc4ccccc4)cc3)cc2)c1. The van der Waals surface area contributed by atoms with Gasteiger partial charge in [-0.15, -0.1) is 0 Å². The summed E-state index contributed by atoms with van der Waals surface area (Å²) in [6, 6.07) is 31.8. The van der Waals surface area contributed by atoms with E-state index in [2.05, 4.69) is 17.4 Å². The van der Waals surface area contributed by atoms with Gasteiger partial charge in [0.25, 0.3) is 0 Å². The Labute approximate surface area is 200 Å². The van der Waals surface area contributed by atoms with Crippen molar-refractivity contribution in [3.63, 3.8) is 0 Å². The highest BCUT2D eigenvalue weighted by molar-refractivity contribution is 5.48. The van der Waals surface area contributed by atoms with Crippen molar-refractivity contribution in [2.75, 3.05) is 19.5 Å². The normalized spacial score (nSPS) is 10.4. The van der Waals surface area contributed by atoms with E-state index in [0.717, 1.165) is 45.4 Å². The van der Waals surface area contributed by atoms with E-state index in [9.17, 15) is 0 Å². The molecule has 0 saturated carbocycles. The van der Waals surface area contributed by atoms with Gasteiger partial charge in [-0.2, -0.15) is 0 Å². The van der Waals surface area contributed by atoms with E-state index in [1.807, 2.05) is 84.9 Å². The number of rotatable bonds is 11. The summed E-state index contributed by atoms with van der Waals surface area (Å²) in [5.74, 6) is 3.26. The number of benzene rings is 4. The van der Waals surface area contributed by atoms with Crippen LogP contribution in [-0.4, -0.2) is 14.2 Å². The fraction of sp³-hybridized carbons (Fsp3) is 0.172. The molecule has 0 aliphatic heterocycles. The minimum absolute atomic E-state index is 0.494. The van der Waals surface area contributed by atoms with E-state index >= 15 is 0 Å². The van der Waals surface area contributed by atoms with E-state index in [1.54, 1.807) is 14.2 Å². The van der Waals surface area contributed by atoms with Crippen LogP contribution >= 0.6 is 0 Å². The second kappa shape index (κ2) is 11.7. The smallest absolute Gasteiger partial charge is 0.124 e. The Morgan fingerprint density at radius 2 is 1.18 bits per heavy atom. The van der Waals surface area contributed by atoms with Gasteiger partial charge in [0, 0.05) is 17.8 Å². The van der Waals surface area contributed by atoms with Gasteiger partial charge in [-0.25, -0.2) is 0 Å². The van der Waals surface area contributed by atoms with Crippen molar-refractivity contribution in [3.8, 4) is 23.0 Å². The lowest BCUT2D eigenvalue weighted by Gasteiger charge is -2.13. The maximum atomic E-state index is 5.93. The fourth-order valence-corrected chi connectivity index (χ4v) is 3.48. The first-order valence-electron chi connectivity index (χ1n) is 11.2. The highest BCUT2D eigenvalue weighted by Gasteiger charge is 2.05. The van der Waals surface area contributed by atoms with E-state index in [1.165, 1.54) is 0 Å². The zero-order valence-corrected chi connectivity index (χ0v) is 19.5. The Balaban J connectivity index is 1.25. The summed E-state index contributed by atoms with van der Waals surface area (Å²) in [5.41, 5.74) is 4.29. The van der Waals surface area contributed by atoms with Gasteiger partial charge in [0.2, 0.25) is 0 Å². The second-order valence-corrected chi connectivity index (χ2v) is 7.76. The third kappa shape index (κ3) is 6.45. The average Bonchev–Trinajstić information content (AvgIpc) is 2.91. The van der Waals surface area contributed by atoms with Gasteiger partial charge in [-0.3, -0.25) is 0 Å². The van der Waals surface area contributed by atoms with Crippen LogP contribution in [0.1, 0.15) is 16.7 Å². The average molecular weight is 456 g/mol. The molecular formula is C29H29NO4. The number of methoxy groups -OCH3 is 2. The Kier molecular flexibility index (Phi) is 7.90. The molecule has 0 aromatic heterocycles. The van der Waals surface area contributed by atoms with Crippen LogP contribution in [0, 0.1) is 0 Å². The highest BCUT2D eigenvalue weighted by atomic mass is 16.5. The minimum atomic E-state index is 0.494. The van der Waals surface area contributed by atoms with Gasteiger partial charge >= 0.3 is 0 Å². The lowest BCUT2D eigenvalue weighted by molar-refractivity contribution is 0.297. The van der Waals surface area contributed by atoms with Crippen molar-refractivity contribution in [2.45, 2.75) is 19.8 Å². The van der Waals surface area contributed by atoms with Crippen LogP contribution in [0.15, 0.2) is 97.1 Å². The van der Waals surface area contributed by atoms with Crippen LogP contribution in [0.5, 0.6) is 23.0 Å². The lowest BCUT2D eigenvalue weighted by Crippen LogP contribution is -2.02. The quantitative estimate of drug-likeness (QED) is 0.281. The third-order valence-corrected chi connectivity index (χ3v) is 5.40. The number of nitrogens with one attached hydrogen (secondary N) is 1. The Bertz CT molecular complexity index is 1160. The van der Waals surface area contributed by atoms with Gasteiger partial charge in [0.05, 0.1) is 14.2 Å². The zero-order valence-electron chi connectivity index (χ0n) is 19.5. The first-order valence-corrected chi connectivity index (χ1v) is 11.2. The molecule has 0 aliphatic rings. The van der Waals surface area contributed by atoms with E-state index in [4.69, 9.17) is 18.9 Å². The molecule has 1 N–H and O–H groups in total. The van der Waals surface area contributed by atoms with Crippen molar-refractivity contribution in [3.05, 3.63) is 114 Å². The molecule has 5 heteroatoms. The summed E-state index contributed by atoms with van der Waals surface area (Å²) in [7, 11) is 3.33. The van der Waals surface area contributed by atoms with Crippen LogP contribution < -0.4 is 24.3 Å². The minimum Gasteiger partial charge on any atom is -0.497 e. The topological polar surface area (TPSA) is 49.0 Å². The Morgan fingerprint density at radius 1 is 0.588 bits per heavy atom. The lowest BCUT2D eigenvalue weighted by atomic mass is 10.1. The predicted molar refractivity (Wildman–Crippen MR) is 135 cm³/mol. The molecule has 4 rings (SSSR count). The predicted octanol–water partition coefficient (Wildman–Crippen LogP) is 6.47. The number of ether oxygens (including phenoxy) is 4. The summed E-state index contributed by atoms with van der Waals surface area (Å²) in [4.78, 5) is 0. The Hall–Kier alpha value is -4.12. The van der Waals surface area contributed by atoms with Gasteiger partial charge < -0.3 is 24.3 Å². The molecular weight excluding hydrogens is 426 g/mol. The summed E-state index contributed by atoms with van der Waals surface area (Å²) in [6.07, 6.45) is 0. The maximum absolute atomic E-state index is 5.93. The summed E-state index contributed by atoms with van der Waals surface area (Å²) in [5, 5.41) is 3.43. The zero-order chi connectivity index (χ0) is 23.6. The molecule has 0 heterocycles. The third-order valence-electron chi connectivity index (χ3n) is 5.40. The van der Waals surface area contributed by atoms with Crippen LogP contribution in [0.2, 0.25) is 0 Å². The molecule has 0 fully saturated rings. The molecule has 4 aromatic carbocycles. The molecule has 0 saturated heterocycles. The van der Waals surface area contributed by atoms with Crippen LogP contribution in [0.25, 0.3) is 0 Å². The largest absolute Gasteiger partial charge is 0.497 e. The van der Waals surface area contributed by atoms with Crippen molar-refractivity contribution in [1.82, 2.24) is 0 Å². The van der Waals surface area contributed by atoms with E-state index in [-0.39, 0.29) is 0 Å². The summed E-state index contributed by atoms with van der Waals surface area (Å²) in [6.45, 7) is 1.68. The molecule has 174 valence electrons. The number of hydrogen-bond donors (Lipinski definition) is 1. The van der Waals surface area contributed by atoms with Crippen LogP contribution in [0.4, 0.5) is 5.69 Å². The van der Waals surface area contributed by atoms with Crippen molar-refractivity contribution >= 4 is 5.69 Å². The molecule has 34 heavy (non-hydrogen) atoms. The molecule has 0 amide bonds. The molecule has 5 nitrogen and oxygen atoms in total. The second-order valence-electron chi connectivity index (χ2n) is 7.76.